The minimum absolute atomic E-state index is 0.0923. The highest BCUT2D eigenvalue weighted by molar-refractivity contribution is 5.81. The molecule has 1 amide bonds. The first-order chi connectivity index (χ1) is 19.0. The summed E-state index contributed by atoms with van der Waals surface area (Å²) in [5.41, 5.74) is 5.87. The fraction of sp³-hybridized carbons (Fsp3) is 0.424. The van der Waals surface area contributed by atoms with Gasteiger partial charge in [-0.1, -0.05) is 36.4 Å². The third kappa shape index (κ3) is 6.22. The van der Waals surface area contributed by atoms with Crippen LogP contribution >= 0.6 is 0 Å². The number of methoxy groups -OCH3 is 2. The molecule has 3 aromatic rings. The van der Waals surface area contributed by atoms with Crippen molar-refractivity contribution >= 4 is 5.91 Å². The lowest BCUT2D eigenvalue weighted by Crippen LogP contribution is -2.47. The van der Waals surface area contributed by atoms with Crippen molar-refractivity contribution in [3.63, 3.8) is 0 Å². The van der Waals surface area contributed by atoms with Crippen LogP contribution in [-0.4, -0.2) is 44.2 Å². The van der Waals surface area contributed by atoms with Crippen LogP contribution in [-0.2, 0) is 17.9 Å². The lowest BCUT2D eigenvalue weighted by Gasteiger charge is -2.36. The van der Waals surface area contributed by atoms with E-state index in [1.165, 1.54) is 16.7 Å². The first kappa shape index (κ1) is 27.1. The third-order valence-electron chi connectivity index (χ3n) is 8.25. The van der Waals surface area contributed by atoms with Crippen molar-refractivity contribution in [3.8, 4) is 17.2 Å². The summed E-state index contributed by atoms with van der Waals surface area (Å²) in [5.74, 6) is 2.50. The molecule has 1 heterocycles. The van der Waals surface area contributed by atoms with Crippen LogP contribution < -0.4 is 19.5 Å². The van der Waals surface area contributed by atoms with Crippen molar-refractivity contribution < 1.29 is 19.0 Å². The summed E-state index contributed by atoms with van der Waals surface area (Å²) in [7, 11) is 3.29. The van der Waals surface area contributed by atoms with Gasteiger partial charge in [-0.05, 0) is 85.7 Å². The molecule has 0 spiro atoms. The molecule has 0 aromatic heterocycles. The molecule has 1 saturated heterocycles. The average Bonchev–Trinajstić information content (AvgIpc) is 3.82. The predicted molar refractivity (Wildman–Crippen MR) is 154 cm³/mol. The van der Waals surface area contributed by atoms with Crippen molar-refractivity contribution in [2.75, 3.05) is 27.3 Å². The minimum Gasteiger partial charge on any atom is -0.497 e. The summed E-state index contributed by atoms with van der Waals surface area (Å²) < 4.78 is 17.2. The van der Waals surface area contributed by atoms with Crippen molar-refractivity contribution in [1.29, 1.82) is 0 Å². The number of nitrogens with one attached hydrogen (secondary N) is 1. The molecule has 5 rings (SSSR count). The fourth-order valence-electron chi connectivity index (χ4n) is 5.67. The van der Waals surface area contributed by atoms with E-state index in [2.05, 4.69) is 54.4 Å². The number of para-hydroxylation sites is 1. The van der Waals surface area contributed by atoms with Crippen molar-refractivity contribution in [2.45, 2.75) is 58.2 Å². The molecular formula is C33H40N2O4. The molecule has 0 radical (unpaired) electrons. The number of amides is 1. The molecule has 1 N–H and O–H groups in total. The van der Waals surface area contributed by atoms with Gasteiger partial charge in [-0.15, -0.1) is 0 Å². The second-order valence-corrected chi connectivity index (χ2v) is 10.8. The molecule has 6 heteroatoms. The summed E-state index contributed by atoms with van der Waals surface area (Å²) in [6, 6.07) is 20.7. The van der Waals surface area contributed by atoms with E-state index in [1.54, 1.807) is 14.2 Å². The van der Waals surface area contributed by atoms with Crippen molar-refractivity contribution in [3.05, 3.63) is 88.5 Å². The zero-order valence-electron chi connectivity index (χ0n) is 23.5. The molecule has 2 atom stereocenters. The highest BCUT2D eigenvalue weighted by atomic mass is 16.5. The summed E-state index contributed by atoms with van der Waals surface area (Å²) >= 11 is 0. The normalized spacial score (nSPS) is 18.9. The van der Waals surface area contributed by atoms with E-state index in [1.807, 2.05) is 30.3 Å². The molecule has 1 saturated carbocycles. The Hall–Kier alpha value is -3.51. The lowest BCUT2D eigenvalue weighted by atomic mass is 9.79. The maximum Gasteiger partial charge on any atom is 0.228 e. The molecule has 1 aliphatic carbocycles. The van der Waals surface area contributed by atoms with E-state index in [0.717, 1.165) is 54.2 Å². The van der Waals surface area contributed by atoms with Gasteiger partial charge in [0.25, 0.3) is 0 Å². The Labute approximate surface area is 232 Å². The molecular weight excluding hydrogens is 488 g/mol. The highest BCUT2D eigenvalue weighted by Crippen LogP contribution is 2.40. The van der Waals surface area contributed by atoms with Crippen molar-refractivity contribution in [2.24, 2.45) is 5.92 Å². The SMILES string of the molecule is COc1cc(COc2ccccc2[C@H]2CCNC[C@@H]2C(=O)N(Cc2cccc(C)c2C)C2CC2)cc(OC)c1. The van der Waals surface area contributed by atoms with Crippen LogP contribution in [0.3, 0.4) is 0 Å². The van der Waals surface area contributed by atoms with Crippen LogP contribution in [0.25, 0.3) is 0 Å². The number of carbonyl (C=O) groups excluding carboxylic acids is 1. The molecule has 39 heavy (non-hydrogen) atoms. The van der Waals surface area contributed by atoms with E-state index in [0.29, 0.717) is 25.7 Å². The Morgan fingerprint density at radius 2 is 1.69 bits per heavy atom. The van der Waals surface area contributed by atoms with Gasteiger partial charge in [-0.3, -0.25) is 4.79 Å². The number of hydrogen-bond acceptors (Lipinski definition) is 5. The van der Waals surface area contributed by atoms with Gasteiger partial charge in [0, 0.05) is 31.1 Å². The summed E-state index contributed by atoms with van der Waals surface area (Å²) in [6.45, 7) is 6.93. The van der Waals surface area contributed by atoms with Gasteiger partial charge in [0.15, 0.2) is 0 Å². The lowest BCUT2D eigenvalue weighted by molar-refractivity contribution is -0.138. The number of nitrogens with zero attached hydrogens (tertiary/aromatic N) is 1. The standard InChI is InChI=1S/C33H40N2O4/c1-22-8-7-9-25(23(22)2)20-35(26-12-13-26)33(36)31-19-34-15-14-29(31)30-10-5-6-11-32(30)39-21-24-16-27(37-3)18-28(17-24)38-4/h5-11,16-18,26,29,31,34H,12-15,19-21H2,1-4H3/t29-,31+/m1/s1. The van der Waals surface area contributed by atoms with Gasteiger partial charge < -0.3 is 24.4 Å². The largest absolute Gasteiger partial charge is 0.497 e. The summed E-state index contributed by atoms with van der Waals surface area (Å²) in [6.07, 6.45) is 3.07. The molecule has 2 fully saturated rings. The van der Waals surface area contributed by atoms with Crippen LogP contribution in [0.5, 0.6) is 17.2 Å². The number of ether oxygens (including phenoxy) is 3. The molecule has 0 unspecified atom stereocenters. The van der Waals surface area contributed by atoms with E-state index < -0.39 is 0 Å². The number of carbonyl (C=O) groups is 1. The first-order valence-corrected chi connectivity index (χ1v) is 14.0. The molecule has 206 valence electrons. The Morgan fingerprint density at radius 1 is 0.949 bits per heavy atom. The fourth-order valence-corrected chi connectivity index (χ4v) is 5.67. The van der Waals surface area contributed by atoms with Gasteiger partial charge in [0.05, 0.1) is 20.1 Å². The van der Waals surface area contributed by atoms with Crippen LogP contribution in [0, 0.1) is 19.8 Å². The van der Waals surface area contributed by atoms with Gasteiger partial charge in [-0.2, -0.15) is 0 Å². The minimum atomic E-state index is -0.133. The first-order valence-electron chi connectivity index (χ1n) is 14.0. The molecule has 0 bridgehead atoms. The highest BCUT2D eigenvalue weighted by Gasteiger charge is 2.41. The number of rotatable bonds is 10. The number of hydrogen-bond donors (Lipinski definition) is 1. The molecule has 3 aromatic carbocycles. The van der Waals surface area contributed by atoms with E-state index in [-0.39, 0.29) is 17.7 Å². The smallest absolute Gasteiger partial charge is 0.228 e. The summed E-state index contributed by atoms with van der Waals surface area (Å²) in [5, 5.41) is 3.50. The van der Waals surface area contributed by atoms with E-state index in [9.17, 15) is 4.79 Å². The van der Waals surface area contributed by atoms with Crippen LogP contribution in [0.4, 0.5) is 0 Å². The predicted octanol–water partition coefficient (Wildman–Crippen LogP) is 5.78. The summed E-state index contributed by atoms with van der Waals surface area (Å²) in [4.78, 5) is 16.4. The molecule has 1 aliphatic heterocycles. The van der Waals surface area contributed by atoms with Crippen LogP contribution in [0.1, 0.15) is 53.0 Å². The van der Waals surface area contributed by atoms with Crippen molar-refractivity contribution in [1.82, 2.24) is 10.2 Å². The van der Waals surface area contributed by atoms with E-state index >= 15 is 0 Å². The number of piperidine rings is 1. The second kappa shape index (κ2) is 12.1. The third-order valence-corrected chi connectivity index (χ3v) is 8.25. The Balaban J connectivity index is 1.38. The average molecular weight is 529 g/mol. The molecule has 6 nitrogen and oxygen atoms in total. The Morgan fingerprint density at radius 3 is 2.41 bits per heavy atom. The topological polar surface area (TPSA) is 60.0 Å². The van der Waals surface area contributed by atoms with Gasteiger partial charge in [0.1, 0.15) is 23.9 Å². The Kier molecular flexibility index (Phi) is 8.41. The maximum absolute atomic E-state index is 14.2. The zero-order valence-corrected chi connectivity index (χ0v) is 23.5. The number of aryl methyl sites for hydroxylation is 1. The van der Waals surface area contributed by atoms with E-state index in [4.69, 9.17) is 14.2 Å². The Bertz CT molecular complexity index is 1280. The van der Waals surface area contributed by atoms with Crippen LogP contribution in [0.2, 0.25) is 0 Å². The second-order valence-electron chi connectivity index (χ2n) is 10.8. The van der Waals surface area contributed by atoms with Gasteiger partial charge in [0.2, 0.25) is 5.91 Å². The van der Waals surface area contributed by atoms with Gasteiger partial charge >= 0.3 is 0 Å². The maximum atomic E-state index is 14.2. The molecule has 2 aliphatic rings. The quantitative estimate of drug-likeness (QED) is 0.361. The monoisotopic (exact) mass is 528 g/mol. The van der Waals surface area contributed by atoms with Crippen LogP contribution in [0.15, 0.2) is 60.7 Å². The van der Waals surface area contributed by atoms with Gasteiger partial charge in [-0.25, -0.2) is 0 Å². The zero-order chi connectivity index (χ0) is 27.4. The number of benzene rings is 3.